The van der Waals surface area contributed by atoms with Crippen LogP contribution in [-0.4, -0.2) is 36.6 Å². The summed E-state index contributed by atoms with van der Waals surface area (Å²) in [7, 11) is 0. The summed E-state index contributed by atoms with van der Waals surface area (Å²) in [6, 6.07) is 1.35. The molecule has 0 aromatic rings. The molecule has 0 bridgehead atoms. The van der Waals surface area contributed by atoms with Crippen LogP contribution in [0.5, 0.6) is 0 Å². The molecule has 18 heavy (non-hydrogen) atoms. The van der Waals surface area contributed by atoms with Gasteiger partial charge in [0.1, 0.15) is 0 Å². The first kappa shape index (κ1) is 14.3. The fourth-order valence-electron chi connectivity index (χ4n) is 3.91. The maximum Gasteiger partial charge on any atom is 0.0197 e. The molecule has 0 aromatic carbocycles. The number of likely N-dealkylation sites (tertiary alicyclic amines) is 1. The van der Waals surface area contributed by atoms with Crippen LogP contribution in [0.3, 0.4) is 0 Å². The third kappa shape index (κ3) is 4.24. The number of nitrogens with zero attached hydrogens (tertiary/aromatic N) is 1. The van der Waals surface area contributed by atoms with E-state index in [0.29, 0.717) is 11.5 Å². The van der Waals surface area contributed by atoms with Gasteiger partial charge in [-0.1, -0.05) is 40.0 Å². The van der Waals surface area contributed by atoms with Crippen molar-refractivity contribution in [3.05, 3.63) is 0 Å². The normalized spacial score (nSPS) is 29.7. The molecule has 0 aromatic heterocycles. The van der Waals surface area contributed by atoms with E-state index in [1.165, 1.54) is 64.6 Å². The van der Waals surface area contributed by atoms with Crippen molar-refractivity contribution in [1.29, 1.82) is 0 Å². The third-order valence-corrected chi connectivity index (χ3v) is 4.74. The maximum atomic E-state index is 3.72. The number of rotatable bonds is 4. The molecule has 1 saturated carbocycles. The smallest absolute Gasteiger partial charge is 0.0197 e. The number of nitrogens with one attached hydrogen (secondary N) is 1. The van der Waals surface area contributed by atoms with E-state index in [-0.39, 0.29) is 0 Å². The summed E-state index contributed by atoms with van der Waals surface area (Å²) in [4.78, 5) is 2.73. The van der Waals surface area contributed by atoms with Crippen molar-refractivity contribution in [2.45, 2.75) is 77.8 Å². The van der Waals surface area contributed by atoms with E-state index in [9.17, 15) is 0 Å². The molecule has 1 N–H and O–H groups in total. The first-order chi connectivity index (χ1) is 8.57. The van der Waals surface area contributed by atoms with Crippen molar-refractivity contribution in [2.24, 2.45) is 5.41 Å². The summed E-state index contributed by atoms with van der Waals surface area (Å²) < 4.78 is 0. The van der Waals surface area contributed by atoms with Gasteiger partial charge < -0.3 is 10.2 Å². The van der Waals surface area contributed by atoms with Crippen LogP contribution in [0.15, 0.2) is 0 Å². The van der Waals surface area contributed by atoms with Gasteiger partial charge in [0.25, 0.3) is 0 Å². The molecule has 2 heteroatoms. The summed E-state index contributed by atoms with van der Waals surface area (Å²) in [6.07, 6.45) is 10.0. The summed E-state index contributed by atoms with van der Waals surface area (Å²) in [6.45, 7) is 11.0. The largest absolute Gasteiger partial charge is 0.311 e. The average molecular weight is 252 g/mol. The summed E-state index contributed by atoms with van der Waals surface area (Å²) in [5.74, 6) is 0. The lowest BCUT2D eigenvalue weighted by Gasteiger charge is -2.42. The Balaban J connectivity index is 1.81. The lowest BCUT2D eigenvalue weighted by molar-refractivity contribution is 0.0925. The molecule has 1 aliphatic carbocycles. The lowest BCUT2D eigenvalue weighted by Crippen LogP contribution is -2.50. The Hall–Kier alpha value is -0.0800. The zero-order chi connectivity index (χ0) is 13.0. The Kier molecular flexibility index (Phi) is 5.08. The van der Waals surface area contributed by atoms with Crippen molar-refractivity contribution in [1.82, 2.24) is 10.2 Å². The predicted molar refractivity (Wildman–Crippen MR) is 78.9 cm³/mol. The molecule has 2 aliphatic rings. The Morgan fingerprint density at radius 3 is 2.56 bits per heavy atom. The molecule has 0 spiro atoms. The van der Waals surface area contributed by atoms with Crippen LogP contribution in [0.4, 0.5) is 0 Å². The molecule has 2 fully saturated rings. The highest BCUT2D eigenvalue weighted by atomic mass is 15.2. The van der Waals surface area contributed by atoms with Gasteiger partial charge in [0.2, 0.25) is 0 Å². The van der Waals surface area contributed by atoms with Gasteiger partial charge >= 0.3 is 0 Å². The minimum absolute atomic E-state index is 0.609. The van der Waals surface area contributed by atoms with E-state index in [4.69, 9.17) is 0 Å². The van der Waals surface area contributed by atoms with E-state index in [1.807, 2.05) is 0 Å². The molecule has 1 atom stereocenters. The van der Waals surface area contributed by atoms with E-state index in [0.717, 1.165) is 6.04 Å². The highest BCUT2D eigenvalue weighted by molar-refractivity contribution is 4.86. The van der Waals surface area contributed by atoms with Crippen LogP contribution in [-0.2, 0) is 0 Å². The molecule has 2 nitrogen and oxygen atoms in total. The Morgan fingerprint density at radius 1 is 1.17 bits per heavy atom. The van der Waals surface area contributed by atoms with Gasteiger partial charge in [-0.15, -0.1) is 0 Å². The van der Waals surface area contributed by atoms with E-state index < -0.39 is 0 Å². The van der Waals surface area contributed by atoms with Crippen LogP contribution < -0.4 is 5.32 Å². The monoisotopic (exact) mass is 252 g/mol. The van der Waals surface area contributed by atoms with Crippen LogP contribution in [0.2, 0.25) is 0 Å². The summed E-state index contributed by atoms with van der Waals surface area (Å²) in [5, 5.41) is 3.72. The second kappa shape index (κ2) is 6.38. The zero-order valence-electron chi connectivity index (χ0n) is 12.7. The molecular formula is C16H32N2. The van der Waals surface area contributed by atoms with Gasteiger partial charge in [0.05, 0.1) is 0 Å². The van der Waals surface area contributed by atoms with Gasteiger partial charge in [0, 0.05) is 25.2 Å². The predicted octanol–water partition coefficient (Wildman–Crippen LogP) is 3.42. The van der Waals surface area contributed by atoms with Gasteiger partial charge in [-0.25, -0.2) is 0 Å². The first-order valence-corrected chi connectivity index (χ1v) is 8.06. The molecule has 1 heterocycles. The standard InChI is InChI=1S/C16H32N2/c1-14(2)17-15-8-7-11-18(12-15)13-16(3)9-5-4-6-10-16/h14-15,17H,4-13H2,1-3H3. The lowest BCUT2D eigenvalue weighted by atomic mass is 9.75. The molecular weight excluding hydrogens is 220 g/mol. The topological polar surface area (TPSA) is 15.3 Å². The minimum Gasteiger partial charge on any atom is -0.311 e. The van der Waals surface area contributed by atoms with Crippen molar-refractivity contribution in [3.63, 3.8) is 0 Å². The van der Waals surface area contributed by atoms with Gasteiger partial charge in [0.15, 0.2) is 0 Å². The van der Waals surface area contributed by atoms with Crippen molar-refractivity contribution in [3.8, 4) is 0 Å². The van der Waals surface area contributed by atoms with E-state index >= 15 is 0 Å². The molecule has 1 saturated heterocycles. The molecule has 0 radical (unpaired) electrons. The molecule has 2 rings (SSSR count). The maximum absolute atomic E-state index is 3.72. The molecule has 1 unspecified atom stereocenters. The van der Waals surface area contributed by atoms with Crippen molar-refractivity contribution < 1.29 is 0 Å². The second-order valence-corrected chi connectivity index (χ2v) is 7.27. The average Bonchev–Trinajstić information content (AvgIpc) is 2.28. The Morgan fingerprint density at radius 2 is 1.89 bits per heavy atom. The number of hydrogen-bond acceptors (Lipinski definition) is 2. The van der Waals surface area contributed by atoms with Crippen LogP contribution in [0, 0.1) is 5.41 Å². The zero-order valence-corrected chi connectivity index (χ0v) is 12.7. The highest BCUT2D eigenvalue weighted by Crippen LogP contribution is 2.36. The van der Waals surface area contributed by atoms with Crippen LogP contribution in [0.25, 0.3) is 0 Å². The third-order valence-electron chi connectivity index (χ3n) is 4.74. The van der Waals surface area contributed by atoms with Crippen molar-refractivity contribution in [2.75, 3.05) is 19.6 Å². The number of piperidine rings is 1. The molecule has 0 amide bonds. The highest BCUT2D eigenvalue weighted by Gasteiger charge is 2.31. The van der Waals surface area contributed by atoms with E-state index in [2.05, 4.69) is 31.0 Å². The number of hydrogen-bond donors (Lipinski definition) is 1. The fourth-order valence-corrected chi connectivity index (χ4v) is 3.91. The van der Waals surface area contributed by atoms with Gasteiger partial charge in [-0.2, -0.15) is 0 Å². The Labute approximate surface area is 114 Å². The Bertz CT molecular complexity index is 243. The minimum atomic E-state index is 0.609. The quantitative estimate of drug-likeness (QED) is 0.825. The first-order valence-electron chi connectivity index (χ1n) is 8.06. The van der Waals surface area contributed by atoms with Crippen molar-refractivity contribution >= 4 is 0 Å². The fraction of sp³-hybridized carbons (Fsp3) is 1.00. The van der Waals surface area contributed by atoms with Crippen LogP contribution in [0.1, 0.15) is 65.7 Å². The molecule has 1 aliphatic heterocycles. The van der Waals surface area contributed by atoms with E-state index in [1.54, 1.807) is 0 Å². The van der Waals surface area contributed by atoms with Gasteiger partial charge in [-0.3, -0.25) is 0 Å². The summed E-state index contributed by atoms with van der Waals surface area (Å²) >= 11 is 0. The summed E-state index contributed by atoms with van der Waals surface area (Å²) in [5.41, 5.74) is 0.609. The SMILES string of the molecule is CC(C)NC1CCCN(CC2(C)CCCCC2)C1. The second-order valence-electron chi connectivity index (χ2n) is 7.27. The molecule has 106 valence electrons. The van der Waals surface area contributed by atoms with Crippen LogP contribution >= 0.6 is 0 Å². The van der Waals surface area contributed by atoms with Gasteiger partial charge in [-0.05, 0) is 37.6 Å².